The molecule has 124 valence electrons. The summed E-state index contributed by atoms with van der Waals surface area (Å²) >= 11 is 7.21. The third-order valence-electron chi connectivity index (χ3n) is 4.95. The van der Waals surface area contributed by atoms with Crippen LogP contribution in [0.3, 0.4) is 0 Å². The van der Waals surface area contributed by atoms with Gasteiger partial charge in [-0.1, -0.05) is 37.9 Å². The normalized spacial score (nSPS) is 30.5. The molecule has 0 bridgehead atoms. The Morgan fingerprint density at radius 2 is 1.61 bits per heavy atom. The van der Waals surface area contributed by atoms with E-state index >= 15 is 0 Å². The molecule has 6 heteroatoms. The van der Waals surface area contributed by atoms with E-state index in [0.29, 0.717) is 12.8 Å². The van der Waals surface area contributed by atoms with Gasteiger partial charge in [-0.3, -0.25) is 14.5 Å². The van der Waals surface area contributed by atoms with Gasteiger partial charge in [-0.05, 0) is 49.9 Å². The number of fused-ring (bicyclic) bond motifs is 1. The largest absolute Gasteiger partial charge is 0.367 e. The van der Waals surface area contributed by atoms with Gasteiger partial charge in [0.1, 0.15) is 0 Å². The fraction of sp³-hybridized carbons (Fsp3) is 0.529. The number of carbonyl (C=O) groups excluding carboxylic acids is 2. The van der Waals surface area contributed by atoms with E-state index in [0.717, 1.165) is 5.69 Å². The molecule has 0 unspecified atom stereocenters. The zero-order valence-corrected chi connectivity index (χ0v) is 16.4. The lowest BCUT2D eigenvalue weighted by Crippen LogP contribution is -2.35. The molecule has 0 spiro atoms. The van der Waals surface area contributed by atoms with Crippen LogP contribution in [0.15, 0.2) is 18.2 Å². The Hall–Kier alpha value is -0.880. The van der Waals surface area contributed by atoms with Crippen LogP contribution in [-0.2, 0) is 9.59 Å². The lowest BCUT2D eigenvalue weighted by Gasteiger charge is -2.29. The Labute approximate surface area is 153 Å². The van der Waals surface area contributed by atoms with Gasteiger partial charge in [-0.25, -0.2) is 0 Å². The molecule has 2 amide bonds. The molecule has 1 N–H and O–H groups in total. The Bertz CT molecular complexity index is 621. The number of aryl methyl sites for hydroxylation is 2. The number of benzene rings is 1. The van der Waals surface area contributed by atoms with Crippen LogP contribution in [0.4, 0.5) is 5.69 Å². The molecule has 1 heterocycles. The Morgan fingerprint density at radius 1 is 1.04 bits per heavy atom. The molecule has 1 aromatic rings. The van der Waals surface area contributed by atoms with Crippen LogP contribution in [0.2, 0.25) is 0 Å². The summed E-state index contributed by atoms with van der Waals surface area (Å²) in [6.07, 6.45) is 1.43. The molecule has 1 aromatic carbocycles. The predicted octanol–water partition coefficient (Wildman–Crippen LogP) is 3.59. The summed E-state index contributed by atoms with van der Waals surface area (Å²) in [7, 11) is 0. The van der Waals surface area contributed by atoms with Crippen molar-refractivity contribution >= 4 is 49.4 Å². The average Bonchev–Trinajstić information content (AvgIpc) is 2.73. The minimum absolute atomic E-state index is 0.0415. The summed E-state index contributed by atoms with van der Waals surface area (Å²) < 4.78 is 0. The van der Waals surface area contributed by atoms with E-state index < -0.39 is 0 Å². The van der Waals surface area contributed by atoms with Crippen molar-refractivity contribution in [3.05, 3.63) is 29.3 Å². The van der Waals surface area contributed by atoms with Gasteiger partial charge in [-0.15, -0.1) is 0 Å². The number of nitrogens with zero attached hydrogens (tertiary/aromatic N) is 1. The highest BCUT2D eigenvalue weighted by Gasteiger charge is 2.51. The van der Waals surface area contributed by atoms with Gasteiger partial charge in [0.25, 0.3) is 0 Å². The minimum Gasteiger partial charge on any atom is -0.367 e. The quantitative estimate of drug-likeness (QED) is 0.573. The smallest absolute Gasteiger partial charge is 0.234 e. The lowest BCUT2D eigenvalue weighted by molar-refractivity contribution is -0.139. The first-order chi connectivity index (χ1) is 10.9. The standard InChI is InChI=1S/C17H20Br2N2O2/c1-9-3-4-11(5-10(9)2)20-8-21-16(22)12-6-14(18)15(19)7-13(12)17(21)23/h3-5,12-15,20H,6-8H2,1-2H3/t12-,13-,14-,15+/m1/s1. The number of halogens is 2. The van der Waals surface area contributed by atoms with Crippen LogP contribution in [0.5, 0.6) is 0 Å². The highest BCUT2D eigenvalue weighted by molar-refractivity contribution is 9.12. The molecule has 4 atom stereocenters. The Kier molecular flexibility index (Phi) is 4.83. The fourth-order valence-electron chi connectivity index (χ4n) is 3.34. The maximum Gasteiger partial charge on any atom is 0.234 e. The second-order valence-corrected chi connectivity index (χ2v) is 8.81. The SMILES string of the molecule is Cc1ccc(NCN2C(=O)[C@@H]3C[C@@H](Br)[C@@H](Br)C[C@H]3C2=O)cc1C. The van der Waals surface area contributed by atoms with Crippen LogP contribution in [0.25, 0.3) is 0 Å². The van der Waals surface area contributed by atoms with E-state index in [1.54, 1.807) is 0 Å². The maximum atomic E-state index is 12.6. The highest BCUT2D eigenvalue weighted by atomic mass is 79.9. The number of anilines is 1. The summed E-state index contributed by atoms with van der Waals surface area (Å²) in [6.45, 7) is 4.35. The highest BCUT2D eigenvalue weighted by Crippen LogP contribution is 2.43. The molecule has 23 heavy (non-hydrogen) atoms. The van der Waals surface area contributed by atoms with Gasteiger partial charge >= 0.3 is 0 Å². The summed E-state index contributed by atoms with van der Waals surface area (Å²) in [5, 5.41) is 3.21. The zero-order valence-electron chi connectivity index (χ0n) is 13.2. The Morgan fingerprint density at radius 3 is 2.13 bits per heavy atom. The van der Waals surface area contributed by atoms with E-state index in [4.69, 9.17) is 0 Å². The molecule has 0 radical (unpaired) electrons. The maximum absolute atomic E-state index is 12.6. The van der Waals surface area contributed by atoms with E-state index in [2.05, 4.69) is 44.1 Å². The van der Waals surface area contributed by atoms with Crippen molar-refractivity contribution in [3.63, 3.8) is 0 Å². The number of imide groups is 1. The number of rotatable bonds is 3. The fourth-order valence-corrected chi connectivity index (χ4v) is 4.58. The molecular formula is C17H20Br2N2O2. The zero-order chi connectivity index (χ0) is 16.7. The number of likely N-dealkylation sites (tertiary alicyclic amines) is 1. The van der Waals surface area contributed by atoms with Gasteiger partial charge in [0.05, 0.1) is 18.5 Å². The molecule has 0 aromatic heterocycles. The minimum atomic E-state index is -0.178. The van der Waals surface area contributed by atoms with E-state index in [9.17, 15) is 9.59 Å². The summed E-state index contributed by atoms with van der Waals surface area (Å²) in [5.74, 6) is -0.440. The topological polar surface area (TPSA) is 49.4 Å². The van der Waals surface area contributed by atoms with E-state index in [-0.39, 0.29) is 40.0 Å². The van der Waals surface area contributed by atoms with Crippen molar-refractivity contribution < 1.29 is 9.59 Å². The molecule has 1 aliphatic heterocycles. The van der Waals surface area contributed by atoms with Crippen LogP contribution in [0.1, 0.15) is 24.0 Å². The van der Waals surface area contributed by atoms with Crippen molar-refractivity contribution in [1.29, 1.82) is 0 Å². The van der Waals surface area contributed by atoms with Crippen LogP contribution in [-0.4, -0.2) is 33.0 Å². The molecule has 1 saturated carbocycles. The Balaban J connectivity index is 1.70. The van der Waals surface area contributed by atoms with Crippen molar-refractivity contribution in [1.82, 2.24) is 4.90 Å². The summed E-state index contributed by atoms with van der Waals surface area (Å²) in [5.41, 5.74) is 3.34. The molecular weight excluding hydrogens is 424 g/mol. The van der Waals surface area contributed by atoms with Gasteiger partial charge < -0.3 is 5.32 Å². The average molecular weight is 444 g/mol. The second kappa shape index (κ2) is 6.55. The van der Waals surface area contributed by atoms with Crippen molar-refractivity contribution in [3.8, 4) is 0 Å². The number of nitrogens with one attached hydrogen (secondary N) is 1. The first-order valence-corrected chi connectivity index (χ1v) is 9.66. The van der Waals surface area contributed by atoms with Gasteiger partial charge in [-0.2, -0.15) is 0 Å². The third kappa shape index (κ3) is 3.20. The van der Waals surface area contributed by atoms with Crippen molar-refractivity contribution in [2.75, 3.05) is 12.0 Å². The number of amides is 2. The van der Waals surface area contributed by atoms with Crippen LogP contribution < -0.4 is 5.32 Å². The molecule has 1 aliphatic carbocycles. The van der Waals surface area contributed by atoms with E-state index in [1.807, 2.05) is 25.1 Å². The first-order valence-electron chi connectivity index (χ1n) is 7.83. The number of hydrogen-bond donors (Lipinski definition) is 1. The molecule has 2 aliphatic rings. The van der Waals surface area contributed by atoms with Gasteiger partial charge in [0.15, 0.2) is 0 Å². The van der Waals surface area contributed by atoms with Crippen LogP contribution in [0, 0.1) is 25.7 Å². The second-order valence-electron chi connectivity index (χ2n) is 6.45. The lowest BCUT2D eigenvalue weighted by atomic mass is 9.81. The summed E-state index contributed by atoms with van der Waals surface area (Å²) in [4.78, 5) is 27.0. The molecule has 1 saturated heterocycles. The van der Waals surface area contributed by atoms with Crippen LogP contribution >= 0.6 is 31.9 Å². The molecule has 2 fully saturated rings. The number of carbonyl (C=O) groups is 2. The van der Waals surface area contributed by atoms with Crippen molar-refractivity contribution in [2.24, 2.45) is 11.8 Å². The predicted molar refractivity (Wildman–Crippen MR) is 97.9 cm³/mol. The van der Waals surface area contributed by atoms with Gasteiger partial charge in [0, 0.05) is 15.3 Å². The van der Waals surface area contributed by atoms with E-state index in [1.165, 1.54) is 16.0 Å². The third-order valence-corrected chi connectivity index (χ3v) is 7.68. The number of hydrogen-bond acceptors (Lipinski definition) is 3. The number of alkyl halides is 2. The molecule has 3 rings (SSSR count). The summed E-state index contributed by atoms with van der Waals surface area (Å²) in [6, 6.07) is 6.05. The first kappa shape index (κ1) is 17.0. The van der Waals surface area contributed by atoms with Crippen molar-refractivity contribution in [2.45, 2.75) is 36.3 Å². The molecule has 4 nitrogen and oxygen atoms in total. The monoisotopic (exact) mass is 442 g/mol. The van der Waals surface area contributed by atoms with Gasteiger partial charge in [0.2, 0.25) is 11.8 Å².